The molecule has 2 unspecified atom stereocenters. The van der Waals surface area contributed by atoms with Gasteiger partial charge in [-0.3, -0.25) is 4.79 Å². The number of hydrogen-bond donors (Lipinski definition) is 0. The van der Waals surface area contributed by atoms with Gasteiger partial charge in [-0.15, -0.1) is 0 Å². The first-order valence-corrected chi connectivity index (χ1v) is 17.6. The van der Waals surface area contributed by atoms with Gasteiger partial charge in [0.15, 0.2) is 0 Å². The average Bonchev–Trinajstić information content (AvgIpc) is 3.09. The molecule has 0 heterocycles. The zero-order chi connectivity index (χ0) is 32.5. The van der Waals surface area contributed by atoms with Gasteiger partial charge in [-0.25, -0.2) is 8.42 Å². The molecule has 0 fully saturated rings. The van der Waals surface area contributed by atoms with Crippen molar-refractivity contribution in [1.82, 2.24) is 0 Å². The SMILES string of the molecule is COCCOCCOc1ccccc1C1C2c3ccccc3C(c3ccccc32)C1C(=O)Oc1ccc(S(=O)(=O)[O-])c2c1CCCC2. The summed E-state index contributed by atoms with van der Waals surface area (Å²) in [6.45, 7) is 1.71. The number of benzene rings is 4. The maximum Gasteiger partial charge on any atom is 0.315 e. The monoisotopic (exact) mass is 653 g/mol. The molecular weight excluding hydrogens is 616 g/mol. The van der Waals surface area contributed by atoms with E-state index in [4.69, 9.17) is 18.9 Å². The van der Waals surface area contributed by atoms with Crippen molar-refractivity contribution in [3.8, 4) is 11.5 Å². The normalized spacial score (nSPS) is 21.0. The van der Waals surface area contributed by atoms with Gasteiger partial charge in [0.2, 0.25) is 0 Å². The minimum absolute atomic E-state index is 0.130. The zero-order valence-corrected chi connectivity index (χ0v) is 27.0. The number of para-hydroxylation sites is 1. The van der Waals surface area contributed by atoms with Crippen molar-refractivity contribution in [2.75, 3.05) is 33.5 Å². The van der Waals surface area contributed by atoms with E-state index >= 15 is 0 Å². The average molecular weight is 654 g/mol. The van der Waals surface area contributed by atoms with Crippen LogP contribution in [0.5, 0.6) is 11.5 Å². The summed E-state index contributed by atoms with van der Waals surface area (Å²) in [6, 6.07) is 27.3. The highest BCUT2D eigenvalue weighted by molar-refractivity contribution is 7.85. The number of carbonyl (C=O) groups excluding carboxylic acids is 1. The van der Waals surface area contributed by atoms with Crippen molar-refractivity contribution in [1.29, 1.82) is 0 Å². The summed E-state index contributed by atoms with van der Waals surface area (Å²) in [6.07, 6.45) is 2.58. The summed E-state index contributed by atoms with van der Waals surface area (Å²) in [5, 5.41) is 0. The highest BCUT2D eigenvalue weighted by Gasteiger charge is 2.54. The lowest BCUT2D eigenvalue weighted by Gasteiger charge is -2.50. The van der Waals surface area contributed by atoms with Crippen molar-refractivity contribution < 1.29 is 36.7 Å². The highest BCUT2D eigenvalue weighted by atomic mass is 32.2. The van der Waals surface area contributed by atoms with Crippen LogP contribution in [0.4, 0.5) is 0 Å². The number of rotatable bonds is 11. The summed E-state index contributed by atoms with van der Waals surface area (Å²) >= 11 is 0. The van der Waals surface area contributed by atoms with Gasteiger partial charge in [0.1, 0.15) is 28.2 Å². The van der Waals surface area contributed by atoms with Crippen LogP contribution in [0.15, 0.2) is 89.8 Å². The van der Waals surface area contributed by atoms with Gasteiger partial charge in [0, 0.05) is 24.9 Å². The Morgan fingerprint density at radius 2 is 1.28 bits per heavy atom. The third-order valence-electron chi connectivity index (χ3n) is 9.83. The van der Waals surface area contributed by atoms with E-state index in [2.05, 4.69) is 24.3 Å². The van der Waals surface area contributed by atoms with Crippen LogP contribution in [0.2, 0.25) is 0 Å². The van der Waals surface area contributed by atoms with Crippen LogP contribution in [0, 0.1) is 5.92 Å². The Kier molecular flexibility index (Phi) is 8.89. The predicted molar refractivity (Wildman–Crippen MR) is 174 cm³/mol. The molecule has 2 atom stereocenters. The molecule has 4 aromatic carbocycles. The maximum absolute atomic E-state index is 14.7. The largest absolute Gasteiger partial charge is 0.744 e. The summed E-state index contributed by atoms with van der Waals surface area (Å²) in [5.41, 5.74) is 6.61. The topological polar surface area (TPSA) is 111 Å². The third kappa shape index (κ3) is 5.86. The lowest BCUT2D eigenvalue weighted by atomic mass is 9.53. The van der Waals surface area contributed by atoms with Gasteiger partial charge in [0.05, 0.1) is 30.6 Å². The first-order valence-electron chi connectivity index (χ1n) is 16.2. The molecule has 244 valence electrons. The van der Waals surface area contributed by atoms with Crippen LogP contribution in [0.1, 0.15) is 69.5 Å². The molecule has 0 aromatic heterocycles. The lowest BCUT2D eigenvalue weighted by molar-refractivity contribution is -0.141. The Morgan fingerprint density at radius 3 is 1.91 bits per heavy atom. The lowest BCUT2D eigenvalue weighted by Crippen LogP contribution is -2.44. The smallest absolute Gasteiger partial charge is 0.315 e. The summed E-state index contributed by atoms with van der Waals surface area (Å²) in [4.78, 5) is 14.5. The zero-order valence-electron chi connectivity index (χ0n) is 26.2. The second kappa shape index (κ2) is 13.2. The van der Waals surface area contributed by atoms with E-state index in [1.54, 1.807) is 7.11 Å². The molecule has 0 aliphatic heterocycles. The van der Waals surface area contributed by atoms with Gasteiger partial charge in [0.25, 0.3) is 0 Å². The van der Waals surface area contributed by atoms with E-state index in [0.717, 1.165) is 29.5 Å². The molecule has 8 nitrogen and oxygen atoms in total. The Bertz CT molecular complexity index is 1850. The van der Waals surface area contributed by atoms with Crippen molar-refractivity contribution >= 4 is 16.1 Å². The Morgan fingerprint density at radius 1 is 0.702 bits per heavy atom. The fourth-order valence-electron chi connectivity index (χ4n) is 7.98. The third-order valence-corrected chi connectivity index (χ3v) is 10.8. The van der Waals surface area contributed by atoms with Crippen molar-refractivity contribution in [2.24, 2.45) is 5.92 Å². The van der Waals surface area contributed by atoms with Gasteiger partial charge < -0.3 is 23.5 Å². The van der Waals surface area contributed by atoms with Gasteiger partial charge in [-0.1, -0.05) is 66.7 Å². The molecule has 0 radical (unpaired) electrons. The highest BCUT2D eigenvalue weighted by Crippen LogP contribution is 2.62. The number of hydrogen-bond acceptors (Lipinski definition) is 8. The molecule has 0 saturated carbocycles. The second-order valence-electron chi connectivity index (χ2n) is 12.4. The molecule has 4 aromatic rings. The van der Waals surface area contributed by atoms with E-state index < -0.39 is 22.0 Å². The van der Waals surface area contributed by atoms with Crippen molar-refractivity contribution in [3.05, 3.63) is 124 Å². The van der Waals surface area contributed by atoms with Gasteiger partial charge in [-0.05, 0) is 82.8 Å². The standard InChI is InChI=1S/C38H38O8S/c1-43-20-21-44-22-23-45-31-17-9-8-16-30(31)36-34-26-12-4-6-14-28(26)35(29-15-7-5-13-27(29)34)37(36)38(39)46-32-18-19-33(47(40,41)42)25-11-3-2-10-24(25)32/h4-9,12-19,34-37H,2-3,10-11,20-23H2,1H3,(H,40,41,42)/p-1. The minimum atomic E-state index is -4.67. The van der Waals surface area contributed by atoms with Gasteiger partial charge in [-0.2, -0.15) is 0 Å². The predicted octanol–water partition coefficient (Wildman–Crippen LogP) is 6.11. The maximum atomic E-state index is 14.7. The van der Waals surface area contributed by atoms with Crippen LogP contribution < -0.4 is 9.47 Å². The number of ether oxygens (including phenoxy) is 4. The quantitative estimate of drug-likeness (QED) is 0.0826. The molecule has 0 spiro atoms. The van der Waals surface area contributed by atoms with Crippen LogP contribution in [0.25, 0.3) is 0 Å². The summed E-state index contributed by atoms with van der Waals surface area (Å²) in [7, 11) is -3.04. The number of methoxy groups -OCH3 is 1. The molecule has 47 heavy (non-hydrogen) atoms. The van der Waals surface area contributed by atoms with E-state index in [1.165, 1.54) is 23.3 Å². The molecule has 4 aliphatic carbocycles. The summed E-state index contributed by atoms with van der Waals surface area (Å²) < 4.78 is 59.6. The fraction of sp³-hybridized carbons (Fsp3) is 0.342. The number of esters is 1. The van der Waals surface area contributed by atoms with Crippen molar-refractivity contribution in [2.45, 2.75) is 48.3 Å². The molecular formula is C38H37O8S-. The van der Waals surface area contributed by atoms with E-state index in [-0.39, 0.29) is 22.6 Å². The van der Waals surface area contributed by atoms with E-state index in [9.17, 15) is 17.8 Å². The van der Waals surface area contributed by atoms with Gasteiger partial charge >= 0.3 is 5.97 Å². The molecule has 0 amide bonds. The first kappa shape index (κ1) is 31.6. The first-order chi connectivity index (χ1) is 22.9. The fourth-order valence-corrected chi connectivity index (χ4v) is 8.75. The molecule has 0 N–H and O–H groups in total. The summed E-state index contributed by atoms with van der Waals surface area (Å²) in [5.74, 6) is -0.680. The van der Waals surface area contributed by atoms with E-state index in [1.807, 2.05) is 48.5 Å². The van der Waals surface area contributed by atoms with Crippen LogP contribution >= 0.6 is 0 Å². The molecule has 8 rings (SSSR count). The Balaban J connectivity index is 1.31. The Hall–Kier alpha value is -4.02. The van der Waals surface area contributed by atoms with Crippen LogP contribution in [0.3, 0.4) is 0 Å². The number of carbonyl (C=O) groups is 1. The van der Waals surface area contributed by atoms with E-state index in [0.29, 0.717) is 61.9 Å². The minimum Gasteiger partial charge on any atom is -0.744 e. The number of fused-ring (bicyclic) bond motifs is 2. The van der Waals surface area contributed by atoms with Crippen LogP contribution in [-0.2, 0) is 37.2 Å². The molecule has 2 bridgehead atoms. The van der Waals surface area contributed by atoms with Crippen LogP contribution in [-0.4, -0.2) is 52.5 Å². The molecule has 0 saturated heterocycles. The van der Waals surface area contributed by atoms with Crippen molar-refractivity contribution in [3.63, 3.8) is 0 Å². The Labute approximate surface area is 275 Å². The molecule has 9 heteroatoms. The molecule has 4 aliphatic rings. The second-order valence-corrected chi connectivity index (χ2v) is 13.7.